The van der Waals surface area contributed by atoms with E-state index in [1.165, 1.54) is 18.2 Å². The van der Waals surface area contributed by atoms with Crippen molar-refractivity contribution in [1.82, 2.24) is 34.8 Å². The Hall–Kier alpha value is -4.68. The summed E-state index contributed by atoms with van der Waals surface area (Å²) in [6.07, 6.45) is 5.64. The van der Waals surface area contributed by atoms with Crippen molar-refractivity contribution in [2.24, 2.45) is 0 Å². The minimum Gasteiger partial charge on any atom is -0.478 e. The van der Waals surface area contributed by atoms with Gasteiger partial charge < -0.3 is 15.2 Å². The molecule has 1 aliphatic rings. The maximum Gasteiger partial charge on any atom is 0.336 e. The highest BCUT2D eigenvalue weighted by Crippen LogP contribution is 2.34. The van der Waals surface area contributed by atoms with Gasteiger partial charge >= 0.3 is 5.97 Å². The van der Waals surface area contributed by atoms with Crippen molar-refractivity contribution in [2.45, 2.75) is 38.6 Å². The molecule has 3 aromatic heterocycles. The average molecular weight is 590 g/mol. The molecule has 0 bridgehead atoms. The largest absolute Gasteiger partial charge is 0.478 e. The van der Waals surface area contributed by atoms with Crippen LogP contribution in [0, 0.1) is 5.82 Å². The van der Waals surface area contributed by atoms with E-state index in [1.54, 1.807) is 52.1 Å². The molecule has 1 fully saturated rings. The highest BCUT2D eigenvalue weighted by Gasteiger charge is 2.25. The quantitative estimate of drug-likeness (QED) is 0.262. The Bertz CT molecular complexity index is 1800. The Labute approximate surface area is 243 Å². The summed E-state index contributed by atoms with van der Waals surface area (Å²) in [4.78, 5) is 33.4. The number of halogens is 2. The van der Waals surface area contributed by atoms with Gasteiger partial charge in [0.1, 0.15) is 11.2 Å². The van der Waals surface area contributed by atoms with E-state index in [9.17, 15) is 19.1 Å². The lowest BCUT2D eigenvalue weighted by Gasteiger charge is -2.23. The van der Waals surface area contributed by atoms with E-state index >= 15 is 0 Å². The van der Waals surface area contributed by atoms with E-state index in [4.69, 9.17) is 21.3 Å². The molecule has 6 rings (SSSR count). The minimum atomic E-state index is -1.18. The van der Waals surface area contributed by atoms with Crippen LogP contribution in [0.2, 0.25) is 5.02 Å². The van der Waals surface area contributed by atoms with Crippen molar-refractivity contribution in [3.05, 3.63) is 94.3 Å². The maximum atomic E-state index is 15.0. The van der Waals surface area contributed by atoms with E-state index in [2.05, 4.69) is 20.5 Å². The van der Waals surface area contributed by atoms with Crippen LogP contribution in [0.25, 0.3) is 22.4 Å². The number of hydrogen-bond donors (Lipinski definition) is 2. The molecule has 214 valence electrons. The first kappa shape index (κ1) is 27.5. The van der Waals surface area contributed by atoms with E-state index in [1.807, 2.05) is 0 Å². The van der Waals surface area contributed by atoms with Crippen molar-refractivity contribution < 1.29 is 23.8 Å². The number of carbonyl (C=O) groups is 2. The molecule has 0 aliphatic carbocycles. The number of aromatic nitrogens is 6. The normalized spacial score (nSPS) is 15.1. The predicted molar refractivity (Wildman–Crippen MR) is 150 cm³/mol. The summed E-state index contributed by atoms with van der Waals surface area (Å²) >= 11 is 6.05. The number of carboxylic acid groups (broad SMARTS) is 1. The molecule has 1 unspecified atom stereocenters. The molecule has 2 N–H and O–H groups in total. The molecule has 2 aromatic carbocycles. The number of fused-ring (bicyclic) bond motifs is 1. The number of nitrogens with one attached hydrogen (secondary N) is 1. The first-order valence-corrected chi connectivity index (χ1v) is 13.7. The van der Waals surface area contributed by atoms with Gasteiger partial charge in [-0.05, 0) is 49.6 Å². The van der Waals surface area contributed by atoms with Crippen molar-refractivity contribution in [2.75, 3.05) is 6.61 Å². The predicted octanol–water partition coefficient (Wildman–Crippen LogP) is 4.86. The van der Waals surface area contributed by atoms with Gasteiger partial charge in [-0.2, -0.15) is 10.2 Å². The third kappa shape index (κ3) is 5.46. The summed E-state index contributed by atoms with van der Waals surface area (Å²) in [5, 5.41) is 21.2. The van der Waals surface area contributed by atoms with Crippen LogP contribution in [0.3, 0.4) is 0 Å². The zero-order valence-electron chi connectivity index (χ0n) is 22.2. The van der Waals surface area contributed by atoms with Gasteiger partial charge in [-0.15, -0.1) is 0 Å². The molecular weight excluding hydrogens is 565 g/mol. The van der Waals surface area contributed by atoms with Crippen molar-refractivity contribution in [3.8, 4) is 11.3 Å². The van der Waals surface area contributed by atoms with Gasteiger partial charge in [0.2, 0.25) is 0 Å². The summed E-state index contributed by atoms with van der Waals surface area (Å²) in [7, 11) is 0. The first-order chi connectivity index (χ1) is 20.4. The Morgan fingerprint density at radius 2 is 1.90 bits per heavy atom. The number of aromatic carboxylic acids is 1. The smallest absolute Gasteiger partial charge is 0.336 e. The third-order valence-electron chi connectivity index (χ3n) is 6.94. The molecule has 0 saturated carbocycles. The minimum absolute atomic E-state index is 0.00883. The number of carboxylic acids is 1. The van der Waals surface area contributed by atoms with Gasteiger partial charge in [-0.1, -0.05) is 29.8 Å². The zero-order chi connectivity index (χ0) is 29.2. The number of benzene rings is 2. The van der Waals surface area contributed by atoms with Crippen LogP contribution in [0.1, 0.15) is 57.6 Å². The van der Waals surface area contributed by atoms with E-state index in [-0.39, 0.29) is 41.0 Å². The average Bonchev–Trinajstić information content (AvgIpc) is 3.62. The molecule has 0 radical (unpaired) electrons. The number of amides is 1. The van der Waals surface area contributed by atoms with Gasteiger partial charge in [-0.3, -0.25) is 9.48 Å². The molecule has 0 spiro atoms. The fourth-order valence-corrected chi connectivity index (χ4v) is 5.07. The Morgan fingerprint density at radius 1 is 1.07 bits per heavy atom. The Morgan fingerprint density at radius 3 is 2.69 bits per heavy atom. The lowest BCUT2D eigenvalue weighted by atomic mass is 10.1. The van der Waals surface area contributed by atoms with E-state index in [0.717, 1.165) is 19.3 Å². The first-order valence-electron chi connectivity index (χ1n) is 13.3. The van der Waals surface area contributed by atoms with Crippen molar-refractivity contribution in [3.63, 3.8) is 0 Å². The molecule has 1 atom stereocenters. The number of rotatable bonds is 8. The van der Waals surface area contributed by atoms with Crippen LogP contribution in [0.15, 0.2) is 60.9 Å². The molecule has 5 aromatic rings. The van der Waals surface area contributed by atoms with Gasteiger partial charge in [-0.25, -0.2) is 23.8 Å². The highest BCUT2D eigenvalue weighted by molar-refractivity contribution is 6.31. The fraction of sp³-hybridized carbons (Fsp3) is 0.241. The van der Waals surface area contributed by atoms with Crippen LogP contribution in [0.5, 0.6) is 0 Å². The summed E-state index contributed by atoms with van der Waals surface area (Å²) in [5.74, 6) is -2.27. The van der Waals surface area contributed by atoms with Crippen LogP contribution >= 0.6 is 11.6 Å². The van der Waals surface area contributed by atoms with Gasteiger partial charge in [0.25, 0.3) is 5.91 Å². The maximum absolute atomic E-state index is 15.0. The number of carbonyl (C=O) groups excluding carboxylic acids is 1. The van der Waals surface area contributed by atoms with Gasteiger partial charge in [0.15, 0.2) is 17.7 Å². The molecule has 4 heterocycles. The molecule has 1 saturated heterocycles. The standard InChI is InChI=1S/C29H25ClFN7O4/c30-22-9-5-8-21(24(22)31)25-26-27(38(36-25)23-10-3-4-13-42-23)34-18(15-32-26)16-37-12-11-17(35-37)14-33-28(39)19-6-1-2-7-20(19)29(40)41/h1-2,5-9,11-12,15,23H,3-4,10,13-14,16H2,(H,33,39)(H,40,41). The van der Waals surface area contributed by atoms with Crippen LogP contribution in [-0.2, 0) is 17.8 Å². The second kappa shape index (κ2) is 11.7. The highest BCUT2D eigenvalue weighted by atomic mass is 35.5. The van der Waals surface area contributed by atoms with E-state index in [0.29, 0.717) is 34.9 Å². The zero-order valence-corrected chi connectivity index (χ0v) is 23.0. The van der Waals surface area contributed by atoms with Crippen molar-refractivity contribution in [1.29, 1.82) is 0 Å². The van der Waals surface area contributed by atoms with E-state index < -0.39 is 17.7 Å². The molecule has 1 amide bonds. The Kier molecular flexibility index (Phi) is 7.64. The second-order valence-electron chi connectivity index (χ2n) is 9.79. The lowest BCUT2D eigenvalue weighted by molar-refractivity contribution is -0.0369. The third-order valence-corrected chi connectivity index (χ3v) is 7.23. The molecule has 1 aliphatic heterocycles. The Balaban J connectivity index is 1.24. The summed E-state index contributed by atoms with van der Waals surface area (Å²) in [5.41, 5.74) is 2.62. The fourth-order valence-electron chi connectivity index (χ4n) is 4.89. The molecule has 11 nitrogen and oxygen atoms in total. The summed E-state index contributed by atoms with van der Waals surface area (Å²) in [6, 6.07) is 12.5. The topological polar surface area (TPSA) is 137 Å². The SMILES string of the molecule is O=C(O)c1ccccc1C(=O)NCc1ccn(Cc2cnc3c(-c4cccc(Cl)c4F)nn(C4CCCCO4)c3n2)n1. The van der Waals surface area contributed by atoms with Gasteiger partial charge in [0, 0.05) is 18.4 Å². The monoisotopic (exact) mass is 589 g/mol. The molecular formula is C29H25ClFN7O4. The summed E-state index contributed by atoms with van der Waals surface area (Å²) in [6.45, 7) is 0.968. The van der Waals surface area contributed by atoms with Crippen LogP contribution in [0.4, 0.5) is 4.39 Å². The molecule has 13 heteroatoms. The lowest BCUT2D eigenvalue weighted by Crippen LogP contribution is -2.25. The second-order valence-corrected chi connectivity index (χ2v) is 10.2. The van der Waals surface area contributed by atoms with Crippen molar-refractivity contribution >= 4 is 34.6 Å². The van der Waals surface area contributed by atoms with Crippen LogP contribution in [-0.4, -0.2) is 53.1 Å². The number of ether oxygens (including phenoxy) is 1. The van der Waals surface area contributed by atoms with Crippen LogP contribution < -0.4 is 5.32 Å². The van der Waals surface area contributed by atoms with Gasteiger partial charge in [0.05, 0.1) is 46.8 Å². The number of nitrogens with zero attached hydrogens (tertiary/aromatic N) is 6. The summed E-state index contributed by atoms with van der Waals surface area (Å²) < 4.78 is 24.3. The number of hydrogen-bond acceptors (Lipinski definition) is 7. The molecule has 42 heavy (non-hydrogen) atoms.